The van der Waals surface area contributed by atoms with Gasteiger partial charge >= 0.3 is 0 Å². The highest BCUT2D eigenvalue weighted by atomic mass is 15.4. The Kier molecular flexibility index (Phi) is 1.71. The van der Waals surface area contributed by atoms with Crippen LogP contribution in [0.1, 0.15) is 12.6 Å². The molecule has 1 heterocycles. The highest BCUT2D eigenvalue weighted by Crippen LogP contribution is 2.01. The predicted molar refractivity (Wildman–Crippen MR) is 40.9 cm³/mol. The third kappa shape index (κ3) is 1.15. The van der Waals surface area contributed by atoms with E-state index in [1.54, 1.807) is 12.4 Å². The van der Waals surface area contributed by atoms with Crippen molar-refractivity contribution in [2.24, 2.45) is 5.10 Å². The van der Waals surface area contributed by atoms with Crippen molar-refractivity contribution in [3.05, 3.63) is 11.9 Å². The zero-order valence-electron chi connectivity index (χ0n) is 6.07. The Hall–Kier alpha value is -1.32. The number of imidazole rings is 1. The van der Waals surface area contributed by atoms with Gasteiger partial charge in [-0.3, -0.25) is 0 Å². The van der Waals surface area contributed by atoms with Crippen molar-refractivity contribution in [1.29, 1.82) is 0 Å². The van der Waals surface area contributed by atoms with Crippen LogP contribution in [0.4, 0.5) is 5.95 Å². The molecule has 0 radical (unpaired) electrons. The topological polar surface area (TPSA) is 56.2 Å². The van der Waals surface area contributed by atoms with Gasteiger partial charge in [-0.2, -0.15) is 5.10 Å². The Morgan fingerprint density at radius 2 is 2.50 bits per heavy atom. The van der Waals surface area contributed by atoms with E-state index in [1.807, 2.05) is 13.8 Å². The van der Waals surface area contributed by atoms with Crippen molar-refractivity contribution >= 4 is 12.2 Å². The molecule has 0 atom stereocenters. The Balaban J connectivity index is 3.03. The van der Waals surface area contributed by atoms with Crippen LogP contribution in [0.3, 0.4) is 0 Å². The lowest BCUT2D eigenvalue weighted by Crippen LogP contribution is -1.95. The molecule has 0 aromatic carbocycles. The minimum absolute atomic E-state index is 0.426. The number of hydrogen-bond acceptors (Lipinski definition) is 3. The second kappa shape index (κ2) is 2.51. The zero-order valence-corrected chi connectivity index (χ0v) is 6.07. The van der Waals surface area contributed by atoms with Gasteiger partial charge in [0.25, 0.3) is 0 Å². The van der Waals surface area contributed by atoms with Gasteiger partial charge in [-0.05, 0) is 13.8 Å². The van der Waals surface area contributed by atoms with Crippen LogP contribution in [0.25, 0.3) is 0 Å². The molecule has 0 saturated heterocycles. The van der Waals surface area contributed by atoms with E-state index in [-0.39, 0.29) is 0 Å². The number of nitrogen functional groups attached to an aromatic ring is 1. The summed E-state index contributed by atoms with van der Waals surface area (Å²) in [6.07, 6.45) is 3.44. The lowest BCUT2D eigenvalue weighted by Gasteiger charge is -1.90. The van der Waals surface area contributed by atoms with E-state index in [2.05, 4.69) is 10.1 Å². The van der Waals surface area contributed by atoms with Gasteiger partial charge in [-0.1, -0.05) is 0 Å². The number of anilines is 1. The molecule has 0 aliphatic carbocycles. The molecule has 0 amide bonds. The van der Waals surface area contributed by atoms with Gasteiger partial charge in [0.15, 0.2) is 0 Å². The van der Waals surface area contributed by atoms with Gasteiger partial charge in [0.1, 0.15) is 0 Å². The van der Waals surface area contributed by atoms with Crippen LogP contribution in [-0.4, -0.2) is 15.9 Å². The first kappa shape index (κ1) is 6.80. The van der Waals surface area contributed by atoms with Gasteiger partial charge in [0, 0.05) is 6.21 Å². The van der Waals surface area contributed by atoms with Gasteiger partial charge in [0.2, 0.25) is 5.95 Å². The molecule has 4 nitrogen and oxygen atoms in total. The first-order valence-corrected chi connectivity index (χ1v) is 3.04. The first-order chi connectivity index (χ1) is 4.74. The van der Waals surface area contributed by atoms with E-state index in [9.17, 15) is 0 Å². The third-order valence-corrected chi connectivity index (χ3v) is 1.07. The van der Waals surface area contributed by atoms with E-state index in [1.165, 1.54) is 4.68 Å². The van der Waals surface area contributed by atoms with E-state index in [0.29, 0.717) is 5.95 Å². The summed E-state index contributed by atoms with van der Waals surface area (Å²) < 4.78 is 1.54. The molecular weight excluding hydrogens is 128 g/mol. The fourth-order valence-electron chi connectivity index (χ4n) is 0.721. The molecule has 1 aromatic heterocycles. The van der Waals surface area contributed by atoms with Crippen LogP contribution < -0.4 is 5.73 Å². The van der Waals surface area contributed by atoms with Crippen molar-refractivity contribution in [2.45, 2.75) is 13.8 Å². The molecular formula is C6H10N4. The lowest BCUT2D eigenvalue weighted by atomic mass is 10.6. The molecule has 2 N–H and O–H groups in total. The summed E-state index contributed by atoms with van der Waals surface area (Å²) in [4.78, 5) is 3.96. The summed E-state index contributed by atoms with van der Waals surface area (Å²) in [5, 5.41) is 3.93. The van der Waals surface area contributed by atoms with Crippen LogP contribution in [-0.2, 0) is 0 Å². The van der Waals surface area contributed by atoms with E-state index >= 15 is 0 Å². The van der Waals surface area contributed by atoms with Crippen molar-refractivity contribution < 1.29 is 0 Å². The average Bonchev–Trinajstić information content (AvgIpc) is 2.13. The highest BCUT2D eigenvalue weighted by molar-refractivity contribution is 5.53. The Morgan fingerprint density at radius 1 is 1.80 bits per heavy atom. The monoisotopic (exact) mass is 138 g/mol. The van der Waals surface area contributed by atoms with E-state index < -0.39 is 0 Å². The summed E-state index contributed by atoms with van der Waals surface area (Å²) in [6, 6.07) is 0. The molecule has 1 aromatic rings. The quantitative estimate of drug-likeness (QED) is 0.578. The van der Waals surface area contributed by atoms with Crippen LogP contribution >= 0.6 is 0 Å². The number of hydrogen-bond donors (Lipinski definition) is 1. The van der Waals surface area contributed by atoms with Gasteiger partial charge in [-0.25, -0.2) is 9.66 Å². The van der Waals surface area contributed by atoms with Gasteiger partial charge < -0.3 is 5.73 Å². The highest BCUT2D eigenvalue weighted by Gasteiger charge is 1.96. The number of nitrogens with zero attached hydrogens (tertiary/aromatic N) is 3. The fourth-order valence-corrected chi connectivity index (χ4v) is 0.721. The number of aryl methyl sites for hydroxylation is 1. The van der Waals surface area contributed by atoms with Crippen molar-refractivity contribution in [3.63, 3.8) is 0 Å². The minimum Gasteiger partial charge on any atom is -0.368 e. The van der Waals surface area contributed by atoms with Gasteiger partial charge in [-0.15, -0.1) is 0 Å². The normalized spacial score (nSPS) is 11.0. The zero-order chi connectivity index (χ0) is 7.56. The molecule has 1 rings (SSSR count). The van der Waals surface area contributed by atoms with E-state index in [4.69, 9.17) is 5.73 Å². The minimum atomic E-state index is 0.426. The Bertz CT molecular complexity index is 248. The maximum absolute atomic E-state index is 5.47. The second-order valence-corrected chi connectivity index (χ2v) is 1.96. The van der Waals surface area contributed by atoms with Crippen LogP contribution in [0.2, 0.25) is 0 Å². The molecule has 4 heteroatoms. The van der Waals surface area contributed by atoms with Gasteiger partial charge in [0.05, 0.1) is 11.9 Å². The van der Waals surface area contributed by atoms with Crippen molar-refractivity contribution in [2.75, 3.05) is 5.73 Å². The van der Waals surface area contributed by atoms with Crippen molar-refractivity contribution in [3.8, 4) is 0 Å². The van der Waals surface area contributed by atoms with Crippen LogP contribution in [0, 0.1) is 6.92 Å². The molecule has 0 fully saturated rings. The molecule has 0 aliphatic rings. The maximum Gasteiger partial charge on any atom is 0.221 e. The molecule has 0 unspecified atom stereocenters. The lowest BCUT2D eigenvalue weighted by molar-refractivity contribution is 0.896. The largest absolute Gasteiger partial charge is 0.368 e. The predicted octanol–water partition coefficient (Wildman–Crippen LogP) is 0.628. The molecule has 0 saturated carbocycles. The Labute approximate surface area is 59.4 Å². The summed E-state index contributed by atoms with van der Waals surface area (Å²) in [5.41, 5.74) is 6.34. The number of nitrogens with two attached hydrogens (primary N) is 1. The summed E-state index contributed by atoms with van der Waals surface area (Å²) in [5.74, 6) is 0.426. The summed E-state index contributed by atoms with van der Waals surface area (Å²) in [7, 11) is 0. The smallest absolute Gasteiger partial charge is 0.221 e. The average molecular weight is 138 g/mol. The Morgan fingerprint density at radius 3 is 2.90 bits per heavy atom. The summed E-state index contributed by atoms with van der Waals surface area (Å²) >= 11 is 0. The number of aromatic nitrogens is 2. The SMILES string of the molecule is CC=Nn1cc(C)nc1N. The maximum atomic E-state index is 5.47. The fraction of sp³-hybridized carbons (Fsp3) is 0.333. The van der Waals surface area contributed by atoms with Crippen molar-refractivity contribution in [1.82, 2.24) is 9.66 Å². The molecule has 0 spiro atoms. The molecule has 10 heavy (non-hydrogen) atoms. The molecule has 0 bridgehead atoms. The van der Waals surface area contributed by atoms with E-state index in [0.717, 1.165) is 5.69 Å². The standard InChI is InChI=1S/C6H10N4/c1-3-8-10-4-5(2)9-6(10)7/h3-4H,1-2H3,(H2,7,9). The summed E-state index contributed by atoms with van der Waals surface area (Å²) in [6.45, 7) is 3.70. The molecule has 54 valence electrons. The number of rotatable bonds is 1. The van der Waals surface area contributed by atoms with Crippen LogP contribution in [0.15, 0.2) is 11.3 Å². The van der Waals surface area contributed by atoms with Crippen LogP contribution in [0.5, 0.6) is 0 Å². The second-order valence-electron chi connectivity index (χ2n) is 1.96. The first-order valence-electron chi connectivity index (χ1n) is 3.04. The molecule has 0 aliphatic heterocycles. The third-order valence-electron chi connectivity index (χ3n) is 1.07.